The first-order chi connectivity index (χ1) is 7.26. The van der Waals surface area contributed by atoms with Crippen molar-refractivity contribution >= 4 is 0 Å². The fourth-order valence-electron chi connectivity index (χ4n) is 1.30. The number of nitrogens with zero attached hydrogens (tertiary/aromatic N) is 1. The zero-order chi connectivity index (χ0) is 11.3. The number of rotatable bonds is 4. The van der Waals surface area contributed by atoms with Gasteiger partial charge in [-0.1, -0.05) is 0 Å². The van der Waals surface area contributed by atoms with Crippen molar-refractivity contribution in [2.24, 2.45) is 5.90 Å². The Morgan fingerprint density at radius 3 is 2.53 bits per heavy atom. The monoisotopic (exact) mass is 208 g/mol. The third-order valence-electron chi connectivity index (χ3n) is 1.92. The highest BCUT2D eigenvalue weighted by atomic mass is 16.6. The highest BCUT2D eigenvalue weighted by molar-refractivity contribution is 5.52. The first-order valence-corrected chi connectivity index (χ1v) is 4.23. The molecule has 5 nitrogen and oxygen atoms in total. The van der Waals surface area contributed by atoms with Crippen molar-refractivity contribution in [1.82, 2.24) is 0 Å². The molecule has 0 amide bonds. The van der Waals surface area contributed by atoms with E-state index in [1.807, 2.05) is 6.07 Å². The Balaban J connectivity index is 3.27. The van der Waals surface area contributed by atoms with Gasteiger partial charge in [-0.2, -0.15) is 5.26 Å². The molecule has 1 rings (SSSR count). The molecule has 0 heterocycles. The number of nitrogens with two attached hydrogens (primary N) is 1. The zero-order valence-electron chi connectivity index (χ0n) is 8.61. The third-order valence-corrected chi connectivity index (χ3v) is 1.92. The van der Waals surface area contributed by atoms with Gasteiger partial charge >= 0.3 is 0 Å². The number of nitriles is 1. The van der Waals surface area contributed by atoms with Crippen LogP contribution in [0.25, 0.3) is 0 Å². The Kier molecular flexibility index (Phi) is 3.92. The van der Waals surface area contributed by atoms with Gasteiger partial charge in [0.15, 0.2) is 11.5 Å². The molecule has 80 valence electrons. The SMILES string of the molecule is COc1cc(C#N)cc(CON)c1OC. The predicted molar refractivity (Wildman–Crippen MR) is 53.2 cm³/mol. The van der Waals surface area contributed by atoms with E-state index in [0.29, 0.717) is 22.6 Å². The Hall–Kier alpha value is -1.77. The highest BCUT2D eigenvalue weighted by Crippen LogP contribution is 2.32. The van der Waals surface area contributed by atoms with Crippen LogP contribution in [0, 0.1) is 11.3 Å². The first-order valence-electron chi connectivity index (χ1n) is 4.23. The van der Waals surface area contributed by atoms with Crippen molar-refractivity contribution in [3.8, 4) is 17.6 Å². The highest BCUT2D eigenvalue weighted by Gasteiger charge is 2.12. The maximum Gasteiger partial charge on any atom is 0.166 e. The summed E-state index contributed by atoms with van der Waals surface area (Å²) in [6.45, 7) is 0.162. The van der Waals surface area contributed by atoms with Crippen LogP contribution in [0.2, 0.25) is 0 Å². The summed E-state index contributed by atoms with van der Waals surface area (Å²) in [5.41, 5.74) is 1.15. The van der Waals surface area contributed by atoms with Crippen LogP contribution in [-0.4, -0.2) is 14.2 Å². The van der Waals surface area contributed by atoms with Crippen molar-refractivity contribution in [2.45, 2.75) is 6.61 Å². The van der Waals surface area contributed by atoms with E-state index in [-0.39, 0.29) is 6.61 Å². The van der Waals surface area contributed by atoms with Crippen LogP contribution in [0.4, 0.5) is 0 Å². The number of hydrogen-bond donors (Lipinski definition) is 1. The summed E-state index contributed by atoms with van der Waals surface area (Å²) in [6, 6.07) is 5.26. The van der Waals surface area contributed by atoms with Gasteiger partial charge < -0.3 is 9.47 Å². The average Bonchev–Trinajstić information content (AvgIpc) is 2.28. The van der Waals surface area contributed by atoms with Crippen LogP contribution >= 0.6 is 0 Å². The first kappa shape index (κ1) is 11.3. The van der Waals surface area contributed by atoms with E-state index in [9.17, 15) is 0 Å². The molecular formula is C10H12N2O3. The molecule has 0 fully saturated rings. The molecule has 0 aliphatic heterocycles. The van der Waals surface area contributed by atoms with Crippen molar-refractivity contribution in [2.75, 3.05) is 14.2 Å². The van der Waals surface area contributed by atoms with E-state index in [1.165, 1.54) is 14.2 Å². The van der Waals surface area contributed by atoms with Gasteiger partial charge in [0, 0.05) is 11.6 Å². The number of ether oxygens (including phenoxy) is 2. The van der Waals surface area contributed by atoms with Gasteiger partial charge in [0.2, 0.25) is 0 Å². The second-order valence-corrected chi connectivity index (χ2v) is 2.79. The lowest BCUT2D eigenvalue weighted by Crippen LogP contribution is -2.03. The largest absolute Gasteiger partial charge is 0.493 e. The zero-order valence-corrected chi connectivity index (χ0v) is 8.61. The maximum atomic E-state index is 8.80. The van der Waals surface area contributed by atoms with Crippen molar-refractivity contribution in [3.05, 3.63) is 23.3 Å². The molecule has 0 saturated heterocycles. The summed E-state index contributed by atoms with van der Waals surface area (Å²) >= 11 is 0. The molecule has 1 aromatic rings. The Labute approximate surface area is 87.9 Å². The quantitative estimate of drug-likeness (QED) is 0.746. The number of methoxy groups -OCH3 is 2. The number of hydrogen-bond acceptors (Lipinski definition) is 5. The van der Waals surface area contributed by atoms with E-state index >= 15 is 0 Å². The maximum absolute atomic E-state index is 8.80. The predicted octanol–water partition coefficient (Wildman–Crippen LogP) is 0.966. The number of benzene rings is 1. The average molecular weight is 208 g/mol. The van der Waals surface area contributed by atoms with Crippen LogP contribution in [0.3, 0.4) is 0 Å². The van der Waals surface area contributed by atoms with Gasteiger partial charge in [-0.3, -0.25) is 4.84 Å². The molecule has 1 aromatic carbocycles. The molecule has 2 N–H and O–H groups in total. The normalized spacial score (nSPS) is 9.47. The summed E-state index contributed by atoms with van der Waals surface area (Å²) < 4.78 is 10.2. The molecule has 0 aliphatic carbocycles. The topological polar surface area (TPSA) is 77.5 Å². The van der Waals surface area contributed by atoms with Crippen LogP contribution in [0.1, 0.15) is 11.1 Å². The standard InChI is InChI=1S/C10H12N2O3/c1-13-9-4-7(5-11)3-8(6-15-12)10(9)14-2/h3-4H,6,12H2,1-2H3. The molecule has 0 aliphatic rings. The van der Waals surface area contributed by atoms with Gasteiger partial charge in [0.05, 0.1) is 32.5 Å². The molecule has 0 unspecified atom stereocenters. The van der Waals surface area contributed by atoms with E-state index in [1.54, 1.807) is 12.1 Å². The molecule has 0 saturated carbocycles. The van der Waals surface area contributed by atoms with E-state index < -0.39 is 0 Å². The molecule has 0 atom stereocenters. The molecule has 0 bridgehead atoms. The minimum Gasteiger partial charge on any atom is -0.493 e. The van der Waals surface area contributed by atoms with E-state index in [2.05, 4.69) is 4.84 Å². The molecule has 0 radical (unpaired) electrons. The van der Waals surface area contributed by atoms with Crippen molar-refractivity contribution < 1.29 is 14.3 Å². The molecular weight excluding hydrogens is 196 g/mol. The minimum atomic E-state index is 0.162. The fraction of sp³-hybridized carbons (Fsp3) is 0.300. The second kappa shape index (κ2) is 5.20. The fourth-order valence-corrected chi connectivity index (χ4v) is 1.30. The summed E-state index contributed by atoms with van der Waals surface area (Å²) in [4.78, 5) is 4.52. The van der Waals surface area contributed by atoms with Crippen LogP contribution in [-0.2, 0) is 11.4 Å². The van der Waals surface area contributed by atoms with Gasteiger partial charge in [0.25, 0.3) is 0 Å². The molecule has 0 spiro atoms. The Morgan fingerprint density at radius 2 is 2.07 bits per heavy atom. The lowest BCUT2D eigenvalue weighted by atomic mass is 10.1. The van der Waals surface area contributed by atoms with Crippen molar-refractivity contribution in [3.63, 3.8) is 0 Å². The smallest absolute Gasteiger partial charge is 0.166 e. The van der Waals surface area contributed by atoms with Gasteiger partial charge in [-0.15, -0.1) is 0 Å². The van der Waals surface area contributed by atoms with E-state index in [4.69, 9.17) is 20.6 Å². The third kappa shape index (κ3) is 2.37. The summed E-state index contributed by atoms with van der Waals surface area (Å²) in [7, 11) is 3.02. The minimum absolute atomic E-state index is 0.162. The van der Waals surface area contributed by atoms with Crippen LogP contribution in [0.5, 0.6) is 11.5 Å². The van der Waals surface area contributed by atoms with Crippen LogP contribution < -0.4 is 15.4 Å². The Bertz CT molecular complexity index is 385. The lowest BCUT2D eigenvalue weighted by Gasteiger charge is -2.12. The lowest BCUT2D eigenvalue weighted by molar-refractivity contribution is 0.121. The van der Waals surface area contributed by atoms with Crippen molar-refractivity contribution in [1.29, 1.82) is 5.26 Å². The summed E-state index contributed by atoms with van der Waals surface area (Å²) in [5, 5.41) is 8.80. The molecule has 15 heavy (non-hydrogen) atoms. The summed E-state index contributed by atoms with van der Waals surface area (Å²) in [5.74, 6) is 6.01. The second-order valence-electron chi connectivity index (χ2n) is 2.79. The van der Waals surface area contributed by atoms with Gasteiger partial charge in [-0.05, 0) is 6.07 Å². The Morgan fingerprint density at radius 1 is 1.33 bits per heavy atom. The van der Waals surface area contributed by atoms with Gasteiger partial charge in [-0.25, -0.2) is 5.90 Å². The molecule has 0 aromatic heterocycles. The van der Waals surface area contributed by atoms with Crippen LogP contribution in [0.15, 0.2) is 12.1 Å². The van der Waals surface area contributed by atoms with E-state index in [0.717, 1.165) is 0 Å². The molecule has 5 heteroatoms. The summed E-state index contributed by atoms with van der Waals surface area (Å²) in [6.07, 6.45) is 0. The van der Waals surface area contributed by atoms with Gasteiger partial charge in [0.1, 0.15) is 0 Å².